The lowest BCUT2D eigenvalue weighted by atomic mass is 10.2. The molecule has 118 valence electrons. The second kappa shape index (κ2) is 5.32. The zero-order valence-electron chi connectivity index (χ0n) is 12.6. The van der Waals surface area contributed by atoms with E-state index in [2.05, 4.69) is 28.8 Å². The predicted octanol–water partition coefficient (Wildman–Crippen LogP) is 4.18. The molecular formula is C17H16N2O2S2. The number of anilines is 1. The minimum absolute atomic E-state index is 0.213. The molecule has 0 radical (unpaired) electrons. The van der Waals surface area contributed by atoms with Crippen molar-refractivity contribution >= 4 is 37.3 Å². The van der Waals surface area contributed by atoms with Gasteiger partial charge in [0, 0.05) is 11.3 Å². The number of hydrogen-bond donors (Lipinski definition) is 1. The molecule has 1 aliphatic carbocycles. The molecule has 1 saturated carbocycles. The fourth-order valence-corrected chi connectivity index (χ4v) is 4.92. The fraction of sp³-hybridized carbons (Fsp3) is 0.235. The molecule has 23 heavy (non-hydrogen) atoms. The van der Waals surface area contributed by atoms with Gasteiger partial charge in [-0.05, 0) is 61.7 Å². The molecule has 6 heteroatoms. The molecule has 1 fully saturated rings. The summed E-state index contributed by atoms with van der Waals surface area (Å²) in [5.41, 5.74) is 3.82. The number of nitrogens with one attached hydrogen (secondary N) is 1. The largest absolute Gasteiger partial charge is 0.283 e. The van der Waals surface area contributed by atoms with Gasteiger partial charge in [0.25, 0.3) is 0 Å². The molecule has 0 saturated heterocycles. The number of aryl methyl sites for hydroxylation is 1. The van der Waals surface area contributed by atoms with Crippen LogP contribution in [0.4, 0.5) is 5.69 Å². The van der Waals surface area contributed by atoms with Crippen molar-refractivity contribution in [3.05, 3.63) is 48.0 Å². The van der Waals surface area contributed by atoms with Gasteiger partial charge in [-0.1, -0.05) is 6.07 Å². The highest BCUT2D eigenvalue weighted by atomic mass is 32.2. The molecular weight excluding hydrogens is 328 g/mol. The molecule has 1 heterocycles. The number of rotatable bonds is 4. The molecule has 1 aliphatic rings. The van der Waals surface area contributed by atoms with Crippen molar-refractivity contribution in [1.82, 2.24) is 4.98 Å². The van der Waals surface area contributed by atoms with Crippen LogP contribution in [0.1, 0.15) is 18.4 Å². The molecule has 4 rings (SSSR count). The van der Waals surface area contributed by atoms with Crippen LogP contribution in [0.25, 0.3) is 20.8 Å². The van der Waals surface area contributed by atoms with Gasteiger partial charge in [0.2, 0.25) is 10.0 Å². The monoisotopic (exact) mass is 344 g/mol. The average Bonchev–Trinajstić information content (AvgIpc) is 3.29. The van der Waals surface area contributed by atoms with Gasteiger partial charge in [-0.2, -0.15) is 0 Å². The Balaban J connectivity index is 1.61. The van der Waals surface area contributed by atoms with Crippen LogP contribution in [0.5, 0.6) is 0 Å². The van der Waals surface area contributed by atoms with E-state index in [4.69, 9.17) is 0 Å². The Morgan fingerprint density at radius 1 is 1.13 bits per heavy atom. The fourth-order valence-electron chi connectivity index (χ4n) is 2.46. The maximum absolute atomic E-state index is 11.9. The van der Waals surface area contributed by atoms with Gasteiger partial charge < -0.3 is 0 Å². The van der Waals surface area contributed by atoms with Crippen LogP contribution in [-0.2, 0) is 10.0 Å². The van der Waals surface area contributed by atoms with Crippen molar-refractivity contribution in [2.75, 3.05) is 4.72 Å². The van der Waals surface area contributed by atoms with E-state index >= 15 is 0 Å². The quantitative estimate of drug-likeness (QED) is 0.772. The normalized spacial score (nSPS) is 15.0. The third-order valence-corrected chi connectivity index (χ3v) is 6.84. The summed E-state index contributed by atoms with van der Waals surface area (Å²) in [6.45, 7) is 2.07. The van der Waals surface area contributed by atoms with E-state index in [0.717, 1.165) is 28.9 Å². The summed E-state index contributed by atoms with van der Waals surface area (Å²) in [5.74, 6) is 0. The summed E-state index contributed by atoms with van der Waals surface area (Å²) < 4.78 is 27.7. The zero-order chi connectivity index (χ0) is 16.0. The minimum atomic E-state index is -3.21. The lowest BCUT2D eigenvalue weighted by Gasteiger charge is -2.07. The minimum Gasteiger partial charge on any atom is -0.283 e. The highest BCUT2D eigenvalue weighted by Gasteiger charge is 2.35. The average molecular weight is 344 g/mol. The van der Waals surface area contributed by atoms with Crippen molar-refractivity contribution in [2.45, 2.75) is 25.0 Å². The summed E-state index contributed by atoms with van der Waals surface area (Å²) in [4.78, 5) is 4.65. The standard InChI is InChI=1S/C17H16N2O2S2/c1-11-2-9-15-16(10-11)22-17(18-15)12-3-5-13(6-4-12)19-23(20,21)14-7-8-14/h2-6,9-10,14,19H,7-8H2,1H3. The Kier molecular flexibility index (Phi) is 3.39. The van der Waals surface area contributed by atoms with Crippen molar-refractivity contribution in [1.29, 1.82) is 0 Å². The van der Waals surface area contributed by atoms with Crippen LogP contribution >= 0.6 is 11.3 Å². The Morgan fingerprint density at radius 3 is 2.57 bits per heavy atom. The summed E-state index contributed by atoms with van der Waals surface area (Å²) in [7, 11) is -3.21. The van der Waals surface area contributed by atoms with Gasteiger partial charge in [-0.15, -0.1) is 11.3 Å². The second-order valence-electron chi connectivity index (χ2n) is 5.91. The number of nitrogens with zero attached hydrogens (tertiary/aromatic N) is 1. The number of hydrogen-bond acceptors (Lipinski definition) is 4. The van der Waals surface area contributed by atoms with Gasteiger partial charge in [-0.3, -0.25) is 4.72 Å². The maximum Gasteiger partial charge on any atom is 0.235 e. The summed E-state index contributed by atoms with van der Waals surface area (Å²) in [5, 5.41) is 0.733. The lowest BCUT2D eigenvalue weighted by molar-refractivity contribution is 0.600. The van der Waals surface area contributed by atoms with Gasteiger partial charge in [-0.25, -0.2) is 13.4 Å². The first-order valence-corrected chi connectivity index (χ1v) is 9.87. The molecule has 1 aromatic heterocycles. The highest BCUT2D eigenvalue weighted by Crippen LogP contribution is 2.32. The number of sulfonamides is 1. The molecule has 0 spiro atoms. The van der Waals surface area contributed by atoms with Crippen LogP contribution in [0.2, 0.25) is 0 Å². The molecule has 0 bridgehead atoms. The van der Waals surface area contributed by atoms with Crippen molar-refractivity contribution in [3.63, 3.8) is 0 Å². The Bertz CT molecular complexity index is 972. The van der Waals surface area contributed by atoms with Crippen LogP contribution < -0.4 is 4.72 Å². The summed E-state index contributed by atoms with van der Waals surface area (Å²) in [6.07, 6.45) is 1.52. The summed E-state index contributed by atoms with van der Waals surface area (Å²) >= 11 is 1.65. The van der Waals surface area contributed by atoms with E-state index in [0.29, 0.717) is 5.69 Å². The lowest BCUT2D eigenvalue weighted by Crippen LogP contribution is -2.17. The van der Waals surface area contributed by atoms with Gasteiger partial charge >= 0.3 is 0 Å². The predicted molar refractivity (Wildman–Crippen MR) is 95.4 cm³/mol. The maximum atomic E-state index is 11.9. The first-order valence-electron chi connectivity index (χ1n) is 7.50. The zero-order valence-corrected chi connectivity index (χ0v) is 14.2. The van der Waals surface area contributed by atoms with Crippen molar-refractivity contribution in [3.8, 4) is 10.6 Å². The molecule has 2 aromatic carbocycles. The van der Waals surface area contributed by atoms with Gasteiger partial charge in [0.1, 0.15) is 5.01 Å². The van der Waals surface area contributed by atoms with Crippen molar-refractivity contribution in [2.24, 2.45) is 0 Å². The first-order chi connectivity index (χ1) is 11.0. The van der Waals surface area contributed by atoms with Crippen LogP contribution in [0.15, 0.2) is 42.5 Å². The Hall–Kier alpha value is -1.92. The van der Waals surface area contributed by atoms with E-state index in [1.165, 1.54) is 10.3 Å². The second-order valence-corrected chi connectivity index (χ2v) is 8.91. The van der Waals surface area contributed by atoms with Crippen molar-refractivity contribution < 1.29 is 8.42 Å². The van der Waals surface area contributed by atoms with E-state index in [1.54, 1.807) is 23.5 Å². The SMILES string of the molecule is Cc1ccc2nc(-c3ccc(NS(=O)(=O)C4CC4)cc3)sc2c1. The molecule has 3 aromatic rings. The third kappa shape index (κ3) is 2.96. The molecule has 0 unspecified atom stereocenters. The van der Waals surface area contributed by atoms with Crippen LogP contribution in [0.3, 0.4) is 0 Å². The van der Waals surface area contributed by atoms with E-state index in [9.17, 15) is 8.42 Å². The van der Waals surface area contributed by atoms with E-state index in [-0.39, 0.29) is 5.25 Å². The highest BCUT2D eigenvalue weighted by molar-refractivity contribution is 7.93. The molecule has 0 atom stereocenters. The third-order valence-electron chi connectivity index (χ3n) is 3.90. The van der Waals surface area contributed by atoms with Crippen LogP contribution in [0, 0.1) is 6.92 Å². The molecule has 0 aliphatic heterocycles. The van der Waals surface area contributed by atoms with E-state index < -0.39 is 10.0 Å². The number of benzene rings is 2. The first kappa shape index (κ1) is 14.7. The smallest absolute Gasteiger partial charge is 0.235 e. The van der Waals surface area contributed by atoms with E-state index in [1.807, 2.05) is 18.2 Å². The molecule has 1 N–H and O–H groups in total. The number of fused-ring (bicyclic) bond motifs is 1. The number of thiazole rings is 1. The van der Waals surface area contributed by atoms with Crippen LogP contribution in [-0.4, -0.2) is 18.7 Å². The molecule has 4 nitrogen and oxygen atoms in total. The Morgan fingerprint density at radius 2 is 1.87 bits per heavy atom. The van der Waals surface area contributed by atoms with Gasteiger partial charge in [0.05, 0.1) is 15.5 Å². The Labute approximate surface area is 139 Å². The summed E-state index contributed by atoms with van der Waals surface area (Å²) in [6, 6.07) is 13.6. The topological polar surface area (TPSA) is 59.1 Å². The van der Waals surface area contributed by atoms with Gasteiger partial charge in [0.15, 0.2) is 0 Å². The molecule has 0 amide bonds. The number of aromatic nitrogens is 1.